The van der Waals surface area contributed by atoms with Crippen molar-refractivity contribution in [1.82, 2.24) is 29.7 Å². The van der Waals surface area contributed by atoms with Crippen LogP contribution in [0, 0.1) is 0 Å². The van der Waals surface area contributed by atoms with E-state index in [1.54, 1.807) is 22.8 Å². The van der Waals surface area contributed by atoms with Crippen LogP contribution in [-0.2, 0) is 9.84 Å². The zero-order valence-corrected chi connectivity index (χ0v) is 22.1. The van der Waals surface area contributed by atoms with E-state index in [4.69, 9.17) is 5.10 Å². The van der Waals surface area contributed by atoms with Gasteiger partial charge in [-0.3, -0.25) is 5.10 Å². The van der Waals surface area contributed by atoms with Gasteiger partial charge in [-0.2, -0.15) is 10.1 Å². The van der Waals surface area contributed by atoms with E-state index in [2.05, 4.69) is 43.4 Å². The number of pyridine rings is 1. The standard InChI is InChI=1S/C25H26N8O2S.ClH/c1-31-8-10-32(11-9-31)20-13-19(14-21(15-20)36(2,34)35)27-25-28-24-5-3-4-23(33(24)30-25)17-6-7-22-18(12-17)16-26-29-22;/h3-7,12-16H,8-11H2,1-2H3,(H,26,29)(H,27,30);1H. The Hall–Kier alpha value is -3.67. The fourth-order valence-electron chi connectivity index (χ4n) is 4.52. The Morgan fingerprint density at radius 3 is 2.59 bits per heavy atom. The van der Waals surface area contributed by atoms with Crippen LogP contribution >= 0.6 is 12.4 Å². The van der Waals surface area contributed by atoms with E-state index in [1.807, 2.05) is 36.4 Å². The number of aromatic amines is 1. The molecule has 0 atom stereocenters. The van der Waals surface area contributed by atoms with Crippen LogP contribution in [0.2, 0.25) is 0 Å². The van der Waals surface area contributed by atoms with Gasteiger partial charge in [-0.05, 0) is 49.5 Å². The van der Waals surface area contributed by atoms with Crippen molar-refractivity contribution in [1.29, 1.82) is 0 Å². The van der Waals surface area contributed by atoms with Crippen molar-refractivity contribution in [2.45, 2.75) is 4.90 Å². The lowest BCUT2D eigenvalue weighted by atomic mass is 10.1. The molecular weight excluding hydrogens is 512 g/mol. The number of aromatic nitrogens is 5. The van der Waals surface area contributed by atoms with Crippen LogP contribution in [0.3, 0.4) is 0 Å². The highest BCUT2D eigenvalue weighted by Crippen LogP contribution is 2.29. The van der Waals surface area contributed by atoms with Crippen LogP contribution in [0.15, 0.2) is 65.7 Å². The smallest absolute Gasteiger partial charge is 0.247 e. The monoisotopic (exact) mass is 538 g/mol. The molecule has 0 bridgehead atoms. The maximum Gasteiger partial charge on any atom is 0.247 e. The Kier molecular flexibility index (Phi) is 6.52. The number of anilines is 3. The van der Waals surface area contributed by atoms with Gasteiger partial charge in [-0.25, -0.2) is 12.9 Å². The fraction of sp³-hybridized carbons (Fsp3) is 0.240. The Balaban J connectivity index is 0.00000280. The lowest BCUT2D eigenvalue weighted by Crippen LogP contribution is -2.44. The molecule has 12 heteroatoms. The quantitative estimate of drug-likeness (QED) is 0.349. The number of sulfone groups is 1. The lowest BCUT2D eigenvalue weighted by Gasteiger charge is -2.34. The third-order valence-corrected chi connectivity index (χ3v) is 7.63. The predicted octanol–water partition coefficient (Wildman–Crippen LogP) is 3.59. The van der Waals surface area contributed by atoms with Gasteiger partial charge >= 0.3 is 0 Å². The number of halogens is 1. The Morgan fingerprint density at radius 2 is 1.81 bits per heavy atom. The van der Waals surface area contributed by atoms with Gasteiger partial charge in [0.1, 0.15) is 0 Å². The van der Waals surface area contributed by atoms with Gasteiger partial charge in [0, 0.05) is 54.8 Å². The molecule has 10 nitrogen and oxygen atoms in total. The molecular formula is C25H27ClN8O2S. The second-order valence-corrected chi connectivity index (χ2v) is 11.2. The van der Waals surface area contributed by atoms with E-state index >= 15 is 0 Å². The molecule has 5 aromatic rings. The number of hydrogen-bond acceptors (Lipinski definition) is 8. The number of hydrogen-bond donors (Lipinski definition) is 2. The van der Waals surface area contributed by atoms with Crippen molar-refractivity contribution >= 4 is 56.1 Å². The first-order chi connectivity index (χ1) is 17.3. The van der Waals surface area contributed by atoms with Crippen LogP contribution in [-0.4, -0.2) is 77.6 Å². The largest absolute Gasteiger partial charge is 0.369 e. The van der Waals surface area contributed by atoms with Gasteiger partial charge in [-0.15, -0.1) is 17.5 Å². The number of nitrogens with zero attached hydrogens (tertiary/aromatic N) is 6. The number of rotatable bonds is 5. The molecule has 37 heavy (non-hydrogen) atoms. The highest BCUT2D eigenvalue weighted by atomic mass is 35.5. The van der Waals surface area contributed by atoms with Gasteiger partial charge in [0.05, 0.1) is 22.3 Å². The molecule has 1 fully saturated rings. The molecule has 192 valence electrons. The van der Waals surface area contributed by atoms with E-state index in [0.29, 0.717) is 17.3 Å². The molecule has 0 aliphatic carbocycles. The Labute approximate surface area is 220 Å². The predicted molar refractivity (Wildman–Crippen MR) is 148 cm³/mol. The van der Waals surface area contributed by atoms with Crippen molar-refractivity contribution in [2.75, 3.05) is 49.7 Å². The number of nitrogens with one attached hydrogen (secondary N) is 2. The molecule has 4 heterocycles. The molecule has 6 rings (SSSR count). The van der Waals surface area contributed by atoms with Crippen LogP contribution in [0.1, 0.15) is 0 Å². The molecule has 0 unspecified atom stereocenters. The zero-order valence-electron chi connectivity index (χ0n) is 20.4. The summed E-state index contributed by atoms with van der Waals surface area (Å²) in [5, 5.41) is 16.0. The van der Waals surface area contributed by atoms with Crippen molar-refractivity contribution in [3.05, 3.63) is 60.8 Å². The Morgan fingerprint density at radius 1 is 1.00 bits per heavy atom. The minimum absolute atomic E-state index is 0. The number of benzene rings is 2. The molecule has 3 aromatic heterocycles. The van der Waals surface area contributed by atoms with Gasteiger partial charge in [0.2, 0.25) is 5.95 Å². The average molecular weight is 539 g/mol. The van der Waals surface area contributed by atoms with Crippen LogP contribution in [0.5, 0.6) is 0 Å². The molecule has 0 amide bonds. The van der Waals surface area contributed by atoms with Crippen LogP contribution in [0.25, 0.3) is 27.8 Å². The van der Waals surface area contributed by atoms with Gasteiger partial charge < -0.3 is 15.1 Å². The summed E-state index contributed by atoms with van der Waals surface area (Å²) in [6.45, 7) is 3.51. The van der Waals surface area contributed by atoms with Crippen molar-refractivity contribution < 1.29 is 8.42 Å². The molecule has 1 aliphatic rings. The molecule has 1 aliphatic heterocycles. The summed E-state index contributed by atoms with van der Waals surface area (Å²) >= 11 is 0. The summed E-state index contributed by atoms with van der Waals surface area (Å²) < 4.78 is 26.7. The number of H-pyrrole nitrogens is 1. The van der Waals surface area contributed by atoms with E-state index < -0.39 is 9.84 Å². The molecule has 0 spiro atoms. The molecule has 2 N–H and O–H groups in total. The van der Waals surface area contributed by atoms with Crippen molar-refractivity contribution in [3.8, 4) is 11.3 Å². The highest BCUT2D eigenvalue weighted by Gasteiger charge is 2.19. The molecule has 1 saturated heterocycles. The summed E-state index contributed by atoms with van der Waals surface area (Å²) in [4.78, 5) is 9.38. The first kappa shape index (κ1) is 25.0. The topological polar surface area (TPSA) is 112 Å². The number of piperazine rings is 1. The van der Waals surface area contributed by atoms with E-state index in [9.17, 15) is 8.42 Å². The average Bonchev–Trinajstić information content (AvgIpc) is 3.49. The van der Waals surface area contributed by atoms with Crippen LogP contribution < -0.4 is 10.2 Å². The van der Waals surface area contributed by atoms with Crippen molar-refractivity contribution in [3.63, 3.8) is 0 Å². The zero-order chi connectivity index (χ0) is 24.9. The third kappa shape index (κ3) is 4.97. The summed E-state index contributed by atoms with van der Waals surface area (Å²) in [6, 6.07) is 17.2. The van der Waals surface area contributed by atoms with Crippen LogP contribution in [0.4, 0.5) is 17.3 Å². The van der Waals surface area contributed by atoms with Gasteiger partial charge in [0.25, 0.3) is 0 Å². The maximum atomic E-state index is 12.4. The van der Waals surface area contributed by atoms with Gasteiger partial charge in [0.15, 0.2) is 15.5 Å². The minimum atomic E-state index is -3.40. The Bertz CT molecular complexity index is 1690. The first-order valence-electron chi connectivity index (χ1n) is 11.7. The second-order valence-electron chi connectivity index (χ2n) is 9.19. The number of likely N-dealkylation sites (N-methyl/N-ethyl adjacent to an activating group) is 1. The third-order valence-electron chi connectivity index (χ3n) is 6.54. The summed E-state index contributed by atoms with van der Waals surface area (Å²) in [5.74, 6) is 0.391. The molecule has 2 aromatic carbocycles. The molecule has 0 saturated carbocycles. The summed E-state index contributed by atoms with van der Waals surface area (Å²) in [5.41, 5.74) is 5.02. The lowest BCUT2D eigenvalue weighted by molar-refractivity contribution is 0.313. The normalized spacial score (nSPS) is 14.7. The summed E-state index contributed by atoms with van der Waals surface area (Å²) in [6.07, 6.45) is 3.02. The first-order valence-corrected chi connectivity index (χ1v) is 13.6. The number of fused-ring (bicyclic) bond motifs is 2. The summed E-state index contributed by atoms with van der Waals surface area (Å²) in [7, 11) is -1.31. The second kappa shape index (κ2) is 9.66. The van der Waals surface area contributed by atoms with E-state index in [-0.39, 0.29) is 17.3 Å². The van der Waals surface area contributed by atoms with Crippen molar-refractivity contribution in [2.24, 2.45) is 0 Å². The maximum absolute atomic E-state index is 12.4. The van der Waals surface area contributed by atoms with E-state index in [0.717, 1.165) is 54.0 Å². The minimum Gasteiger partial charge on any atom is -0.369 e. The molecule has 0 radical (unpaired) electrons. The highest BCUT2D eigenvalue weighted by molar-refractivity contribution is 7.90. The fourth-order valence-corrected chi connectivity index (χ4v) is 5.20. The van der Waals surface area contributed by atoms with Gasteiger partial charge in [-0.1, -0.05) is 12.1 Å². The SMILES string of the molecule is CN1CCN(c2cc(Nc3nc4cccc(-c5ccc6[nH]ncc6c5)n4n3)cc(S(C)(=O)=O)c2)CC1.Cl. The van der Waals surface area contributed by atoms with E-state index in [1.165, 1.54) is 6.26 Å².